The zero-order valence-electron chi connectivity index (χ0n) is 14.1. The molecule has 2 rings (SSSR count). The van der Waals surface area contributed by atoms with Crippen LogP contribution < -0.4 is 10.1 Å². The van der Waals surface area contributed by atoms with Gasteiger partial charge in [0, 0.05) is 5.56 Å². The second-order valence-corrected chi connectivity index (χ2v) is 6.05. The molecule has 2 aromatic rings. The predicted molar refractivity (Wildman–Crippen MR) is 90.9 cm³/mol. The lowest BCUT2D eigenvalue weighted by Gasteiger charge is -2.22. The van der Waals surface area contributed by atoms with Crippen LogP contribution in [0.1, 0.15) is 24.1 Å². The van der Waals surface area contributed by atoms with Crippen LogP contribution in [0.3, 0.4) is 0 Å². The number of halogens is 5. The van der Waals surface area contributed by atoms with E-state index in [9.17, 15) is 27.5 Å². The Kier molecular flexibility index (Phi) is 6.67. The molecule has 2 aromatic carbocycles. The van der Waals surface area contributed by atoms with Gasteiger partial charge in [0.05, 0.1) is 23.2 Å². The first-order chi connectivity index (χ1) is 12.6. The van der Waals surface area contributed by atoms with Crippen LogP contribution >= 0.6 is 11.6 Å². The fourth-order valence-corrected chi connectivity index (χ4v) is 2.53. The van der Waals surface area contributed by atoms with Crippen LogP contribution in [-0.2, 0) is 11.0 Å². The van der Waals surface area contributed by atoms with Crippen LogP contribution in [0.2, 0.25) is 5.02 Å². The minimum absolute atomic E-state index is 0.0544. The summed E-state index contributed by atoms with van der Waals surface area (Å²) >= 11 is 5.68. The Labute approximate surface area is 157 Å². The SMILES string of the molecule is C[C@@H](Oc1ccccc1C(F)(F)F)C(=O)N[C@@H](CO)c1cccc(Cl)c1F. The highest BCUT2D eigenvalue weighted by atomic mass is 35.5. The largest absolute Gasteiger partial charge is 0.480 e. The highest BCUT2D eigenvalue weighted by molar-refractivity contribution is 6.30. The van der Waals surface area contributed by atoms with Gasteiger partial charge in [-0.15, -0.1) is 0 Å². The number of nitrogens with one attached hydrogen (secondary N) is 1. The third kappa shape index (κ3) is 5.11. The van der Waals surface area contributed by atoms with Gasteiger partial charge in [-0.1, -0.05) is 35.9 Å². The molecule has 4 nitrogen and oxygen atoms in total. The highest BCUT2D eigenvalue weighted by Gasteiger charge is 2.35. The second-order valence-electron chi connectivity index (χ2n) is 5.64. The molecular formula is C18H16ClF4NO3. The summed E-state index contributed by atoms with van der Waals surface area (Å²) in [7, 11) is 0. The summed E-state index contributed by atoms with van der Waals surface area (Å²) in [6, 6.07) is 7.39. The summed E-state index contributed by atoms with van der Waals surface area (Å²) in [5.41, 5.74) is -1.08. The number of ether oxygens (including phenoxy) is 1. The van der Waals surface area contributed by atoms with Gasteiger partial charge in [-0.05, 0) is 25.1 Å². The van der Waals surface area contributed by atoms with Crippen LogP contribution in [0.5, 0.6) is 5.75 Å². The number of benzene rings is 2. The fraction of sp³-hybridized carbons (Fsp3) is 0.278. The molecule has 0 aliphatic heterocycles. The lowest BCUT2D eigenvalue weighted by molar-refractivity contribution is -0.140. The van der Waals surface area contributed by atoms with Gasteiger partial charge in [0.2, 0.25) is 0 Å². The molecular weight excluding hydrogens is 390 g/mol. The average Bonchev–Trinajstić information content (AvgIpc) is 2.61. The van der Waals surface area contributed by atoms with Crippen LogP contribution in [0, 0.1) is 5.82 Å². The van der Waals surface area contributed by atoms with Crippen molar-refractivity contribution in [2.24, 2.45) is 0 Å². The number of amides is 1. The van der Waals surface area contributed by atoms with Crippen molar-refractivity contribution in [2.45, 2.75) is 25.2 Å². The molecule has 0 spiro atoms. The second kappa shape index (κ2) is 8.58. The van der Waals surface area contributed by atoms with Crippen molar-refractivity contribution >= 4 is 17.5 Å². The number of hydrogen-bond acceptors (Lipinski definition) is 3. The van der Waals surface area contributed by atoms with Crippen molar-refractivity contribution in [3.63, 3.8) is 0 Å². The Bertz CT molecular complexity index is 813. The predicted octanol–water partition coefficient (Wildman–Crippen LogP) is 4.12. The normalized spacial score (nSPS) is 13.7. The minimum Gasteiger partial charge on any atom is -0.480 e. The quantitative estimate of drug-likeness (QED) is 0.711. The summed E-state index contributed by atoms with van der Waals surface area (Å²) in [5, 5.41) is 11.6. The summed E-state index contributed by atoms with van der Waals surface area (Å²) in [4.78, 5) is 12.3. The maximum absolute atomic E-state index is 14.1. The molecule has 9 heteroatoms. The van der Waals surface area contributed by atoms with E-state index >= 15 is 0 Å². The van der Waals surface area contributed by atoms with E-state index < -0.39 is 48.0 Å². The molecule has 0 heterocycles. The molecule has 0 radical (unpaired) electrons. The molecule has 2 N–H and O–H groups in total. The lowest BCUT2D eigenvalue weighted by atomic mass is 10.1. The van der Waals surface area contributed by atoms with E-state index in [1.807, 2.05) is 0 Å². The Morgan fingerprint density at radius 3 is 2.52 bits per heavy atom. The summed E-state index contributed by atoms with van der Waals surface area (Å²) in [5.74, 6) is -2.15. The fourth-order valence-electron chi connectivity index (χ4n) is 2.35. The standard InChI is InChI=1S/C18H16ClF4NO3/c1-10(27-15-8-3-2-6-12(15)18(21,22)23)17(26)24-14(9-25)11-5-4-7-13(19)16(11)20/h2-8,10,14,25H,9H2,1H3,(H,24,26)/t10-,14+/m1/s1. The van der Waals surface area contributed by atoms with E-state index in [0.717, 1.165) is 12.1 Å². The maximum atomic E-state index is 14.1. The molecule has 27 heavy (non-hydrogen) atoms. The molecule has 0 fully saturated rings. The summed E-state index contributed by atoms with van der Waals surface area (Å²) < 4.78 is 58.2. The van der Waals surface area contributed by atoms with E-state index in [0.29, 0.717) is 0 Å². The zero-order valence-corrected chi connectivity index (χ0v) is 14.8. The number of hydrogen-bond donors (Lipinski definition) is 2. The van der Waals surface area contributed by atoms with Gasteiger partial charge < -0.3 is 15.2 Å². The molecule has 0 saturated heterocycles. The molecule has 0 unspecified atom stereocenters. The van der Waals surface area contributed by atoms with Gasteiger partial charge in [-0.3, -0.25) is 4.79 Å². The van der Waals surface area contributed by atoms with Crippen molar-refractivity contribution in [3.8, 4) is 5.75 Å². The Morgan fingerprint density at radius 2 is 1.89 bits per heavy atom. The summed E-state index contributed by atoms with van der Waals surface area (Å²) in [6.45, 7) is 0.597. The number of carbonyl (C=O) groups is 1. The van der Waals surface area contributed by atoms with Gasteiger partial charge in [-0.2, -0.15) is 13.2 Å². The van der Waals surface area contributed by atoms with Gasteiger partial charge in [-0.25, -0.2) is 4.39 Å². The molecule has 0 aliphatic carbocycles. The first-order valence-electron chi connectivity index (χ1n) is 7.83. The smallest absolute Gasteiger partial charge is 0.419 e. The Morgan fingerprint density at radius 1 is 1.22 bits per heavy atom. The summed E-state index contributed by atoms with van der Waals surface area (Å²) in [6.07, 6.45) is -5.98. The molecule has 0 bridgehead atoms. The Hall–Kier alpha value is -2.32. The third-order valence-electron chi connectivity index (χ3n) is 3.72. The Balaban J connectivity index is 2.15. The number of carbonyl (C=O) groups excluding carboxylic acids is 1. The number of para-hydroxylation sites is 1. The highest BCUT2D eigenvalue weighted by Crippen LogP contribution is 2.36. The van der Waals surface area contributed by atoms with E-state index in [2.05, 4.69) is 5.32 Å². The first-order valence-corrected chi connectivity index (χ1v) is 8.21. The monoisotopic (exact) mass is 405 g/mol. The van der Waals surface area contributed by atoms with E-state index in [1.54, 1.807) is 0 Å². The van der Waals surface area contributed by atoms with Crippen LogP contribution in [0.15, 0.2) is 42.5 Å². The topological polar surface area (TPSA) is 58.6 Å². The van der Waals surface area contributed by atoms with Crippen molar-refractivity contribution in [2.75, 3.05) is 6.61 Å². The van der Waals surface area contributed by atoms with Gasteiger partial charge in [0.15, 0.2) is 6.10 Å². The third-order valence-corrected chi connectivity index (χ3v) is 4.01. The van der Waals surface area contributed by atoms with E-state index in [4.69, 9.17) is 16.3 Å². The molecule has 2 atom stereocenters. The van der Waals surface area contributed by atoms with Gasteiger partial charge in [0.25, 0.3) is 5.91 Å². The van der Waals surface area contributed by atoms with Crippen molar-refractivity contribution in [1.82, 2.24) is 5.32 Å². The van der Waals surface area contributed by atoms with Crippen LogP contribution in [-0.4, -0.2) is 23.7 Å². The molecule has 0 aliphatic rings. The number of aliphatic hydroxyl groups is 1. The minimum atomic E-state index is -4.65. The molecule has 0 saturated carbocycles. The van der Waals surface area contributed by atoms with Crippen molar-refractivity contribution < 1.29 is 32.2 Å². The first kappa shape index (κ1) is 21.0. The number of rotatable bonds is 6. The lowest BCUT2D eigenvalue weighted by Crippen LogP contribution is -2.40. The maximum Gasteiger partial charge on any atom is 0.419 e. The number of alkyl halides is 3. The zero-order chi connectivity index (χ0) is 20.2. The molecule has 146 valence electrons. The molecule has 0 aromatic heterocycles. The van der Waals surface area contributed by atoms with Crippen molar-refractivity contribution in [3.05, 3.63) is 64.4 Å². The van der Waals surface area contributed by atoms with Gasteiger partial charge >= 0.3 is 6.18 Å². The van der Waals surface area contributed by atoms with E-state index in [-0.39, 0.29) is 10.6 Å². The average molecular weight is 406 g/mol. The number of aliphatic hydroxyl groups excluding tert-OH is 1. The van der Waals surface area contributed by atoms with Crippen LogP contribution in [0.4, 0.5) is 17.6 Å². The van der Waals surface area contributed by atoms with E-state index in [1.165, 1.54) is 37.3 Å². The molecule has 1 amide bonds. The van der Waals surface area contributed by atoms with Gasteiger partial charge in [0.1, 0.15) is 11.6 Å². The van der Waals surface area contributed by atoms with Crippen molar-refractivity contribution in [1.29, 1.82) is 0 Å². The van der Waals surface area contributed by atoms with Crippen LogP contribution in [0.25, 0.3) is 0 Å².